The molecule has 2 N–H and O–H groups in total. The Balaban J connectivity index is 0.00000300. The largest absolute Gasteiger partial charge is 0.356 e. The lowest BCUT2D eigenvalue weighted by Crippen LogP contribution is -2.53. The van der Waals surface area contributed by atoms with Gasteiger partial charge in [-0.25, -0.2) is 9.97 Å². The molecule has 2 aromatic heterocycles. The van der Waals surface area contributed by atoms with E-state index in [0.29, 0.717) is 18.8 Å². The molecule has 0 saturated carbocycles. The molecular weight excluding hydrogens is 481 g/mol. The second-order valence-corrected chi connectivity index (χ2v) is 6.65. The van der Waals surface area contributed by atoms with Crippen LogP contribution in [0.25, 0.3) is 0 Å². The summed E-state index contributed by atoms with van der Waals surface area (Å²) in [5.74, 6) is 2.33. The number of hydrogen-bond acceptors (Lipinski definition) is 5. The van der Waals surface area contributed by atoms with Crippen LogP contribution in [0.3, 0.4) is 0 Å². The predicted octanol–water partition coefficient (Wildman–Crippen LogP) is 2.13. The van der Waals surface area contributed by atoms with Crippen molar-refractivity contribution in [2.45, 2.75) is 13.3 Å². The molecular formula is C20H28IN7O. The SMILES string of the molecule is CN=C(NCCC(=O)Nc1ccc(C)cn1)N1CCN(c2ccccn2)CC1.I. The fourth-order valence-corrected chi connectivity index (χ4v) is 3.06. The highest BCUT2D eigenvalue weighted by Gasteiger charge is 2.20. The average Bonchev–Trinajstić information content (AvgIpc) is 2.74. The molecule has 1 aliphatic heterocycles. The Kier molecular flexibility index (Phi) is 9.10. The van der Waals surface area contributed by atoms with Crippen molar-refractivity contribution in [1.29, 1.82) is 0 Å². The maximum absolute atomic E-state index is 12.1. The van der Waals surface area contributed by atoms with Gasteiger partial charge in [0.05, 0.1) is 0 Å². The van der Waals surface area contributed by atoms with E-state index in [2.05, 4.69) is 35.4 Å². The van der Waals surface area contributed by atoms with Gasteiger partial charge in [-0.2, -0.15) is 0 Å². The monoisotopic (exact) mass is 509 g/mol. The molecule has 3 rings (SSSR count). The lowest BCUT2D eigenvalue weighted by molar-refractivity contribution is -0.116. The highest BCUT2D eigenvalue weighted by atomic mass is 127. The summed E-state index contributed by atoms with van der Waals surface area (Å²) in [6.45, 7) is 5.97. The number of pyridine rings is 2. The molecule has 1 saturated heterocycles. The van der Waals surface area contributed by atoms with Crippen molar-refractivity contribution in [2.75, 3.05) is 50.0 Å². The van der Waals surface area contributed by atoms with E-state index in [-0.39, 0.29) is 29.9 Å². The van der Waals surface area contributed by atoms with Gasteiger partial charge in [-0.05, 0) is 30.7 Å². The van der Waals surface area contributed by atoms with Crippen molar-refractivity contribution in [3.8, 4) is 0 Å². The number of amides is 1. The number of aliphatic imine (C=N–C) groups is 1. The number of carbonyl (C=O) groups excluding carboxylic acids is 1. The van der Waals surface area contributed by atoms with Crippen molar-refractivity contribution >= 4 is 47.5 Å². The molecule has 3 heterocycles. The van der Waals surface area contributed by atoms with Crippen LogP contribution in [-0.2, 0) is 4.79 Å². The molecule has 2 aromatic rings. The van der Waals surface area contributed by atoms with Crippen LogP contribution in [0.4, 0.5) is 11.6 Å². The van der Waals surface area contributed by atoms with Crippen molar-refractivity contribution < 1.29 is 4.79 Å². The number of halogens is 1. The summed E-state index contributed by atoms with van der Waals surface area (Å²) in [6, 6.07) is 9.70. The molecule has 0 radical (unpaired) electrons. The summed E-state index contributed by atoms with van der Waals surface area (Å²) in [7, 11) is 1.77. The first-order chi connectivity index (χ1) is 13.7. The summed E-state index contributed by atoms with van der Waals surface area (Å²) in [6.07, 6.45) is 3.90. The number of rotatable bonds is 5. The molecule has 0 unspecified atom stereocenters. The first-order valence-electron chi connectivity index (χ1n) is 9.50. The molecule has 0 atom stereocenters. The number of piperazine rings is 1. The van der Waals surface area contributed by atoms with E-state index < -0.39 is 0 Å². The van der Waals surface area contributed by atoms with Gasteiger partial charge in [0.25, 0.3) is 0 Å². The maximum atomic E-state index is 12.1. The Hall–Kier alpha value is -2.43. The van der Waals surface area contributed by atoms with Crippen LogP contribution in [0.5, 0.6) is 0 Å². The van der Waals surface area contributed by atoms with Crippen LogP contribution in [0.1, 0.15) is 12.0 Å². The van der Waals surface area contributed by atoms with E-state index in [0.717, 1.165) is 43.5 Å². The number of aryl methyl sites for hydroxylation is 1. The molecule has 9 heteroatoms. The second kappa shape index (κ2) is 11.5. The summed E-state index contributed by atoms with van der Waals surface area (Å²) < 4.78 is 0. The van der Waals surface area contributed by atoms with Gasteiger partial charge in [0.1, 0.15) is 11.6 Å². The second-order valence-electron chi connectivity index (χ2n) is 6.65. The van der Waals surface area contributed by atoms with Crippen LogP contribution in [-0.4, -0.2) is 66.5 Å². The number of anilines is 2. The topological polar surface area (TPSA) is 85.7 Å². The van der Waals surface area contributed by atoms with Gasteiger partial charge in [-0.15, -0.1) is 24.0 Å². The summed E-state index contributed by atoms with van der Waals surface area (Å²) >= 11 is 0. The Morgan fingerprint density at radius 1 is 1.14 bits per heavy atom. The third-order valence-electron chi connectivity index (χ3n) is 4.58. The van der Waals surface area contributed by atoms with Gasteiger partial charge < -0.3 is 20.4 Å². The zero-order chi connectivity index (χ0) is 19.8. The van der Waals surface area contributed by atoms with E-state index in [1.807, 2.05) is 37.4 Å². The third kappa shape index (κ3) is 6.84. The Bertz CT molecular complexity index is 790. The first kappa shape index (κ1) is 22.9. The molecule has 0 aromatic carbocycles. The van der Waals surface area contributed by atoms with E-state index in [4.69, 9.17) is 0 Å². The van der Waals surface area contributed by atoms with E-state index in [9.17, 15) is 4.79 Å². The zero-order valence-corrected chi connectivity index (χ0v) is 19.2. The molecule has 156 valence electrons. The number of guanidine groups is 1. The fraction of sp³-hybridized carbons (Fsp3) is 0.400. The molecule has 1 aliphatic rings. The average molecular weight is 509 g/mol. The summed E-state index contributed by atoms with van der Waals surface area (Å²) in [5, 5.41) is 6.09. The molecule has 0 bridgehead atoms. The van der Waals surface area contributed by atoms with E-state index in [1.54, 1.807) is 19.3 Å². The molecule has 1 fully saturated rings. The lowest BCUT2D eigenvalue weighted by Gasteiger charge is -2.37. The van der Waals surface area contributed by atoms with Gasteiger partial charge in [0.2, 0.25) is 5.91 Å². The van der Waals surface area contributed by atoms with Crippen LogP contribution in [0.15, 0.2) is 47.7 Å². The minimum Gasteiger partial charge on any atom is -0.356 e. The highest BCUT2D eigenvalue weighted by Crippen LogP contribution is 2.12. The number of nitrogens with zero attached hydrogens (tertiary/aromatic N) is 5. The predicted molar refractivity (Wildman–Crippen MR) is 127 cm³/mol. The van der Waals surface area contributed by atoms with Crippen molar-refractivity contribution in [1.82, 2.24) is 20.2 Å². The lowest BCUT2D eigenvalue weighted by atomic mass is 10.3. The van der Waals surface area contributed by atoms with Gasteiger partial charge in [-0.1, -0.05) is 12.1 Å². The molecule has 0 aliphatic carbocycles. The number of aromatic nitrogens is 2. The van der Waals surface area contributed by atoms with Gasteiger partial charge in [0.15, 0.2) is 5.96 Å². The van der Waals surface area contributed by atoms with Crippen LogP contribution in [0.2, 0.25) is 0 Å². The Labute approximate surface area is 188 Å². The van der Waals surface area contributed by atoms with E-state index >= 15 is 0 Å². The molecule has 0 spiro atoms. The Morgan fingerprint density at radius 2 is 1.93 bits per heavy atom. The van der Waals surface area contributed by atoms with Crippen molar-refractivity contribution in [2.24, 2.45) is 4.99 Å². The number of nitrogens with one attached hydrogen (secondary N) is 2. The maximum Gasteiger partial charge on any atom is 0.227 e. The minimum atomic E-state index is -0.0701. The summed E-state index contributed by atoms with van der Waals surface area (Å²) in [5.41, 5.74) is 1.06. The van der Waals surface area contributed by atoms with Gasteiger partial charge >= 0.3 is 0 Å². The quantitative estimate of drug-likeness (QED) is 0.365. The van der Waals surface area contributed by atoms with Crippen molar-refractivity contribution in [3.05, 3.63) is 48.3 Å². The number of carbonyl (C=O) groups is 1. The minimum absolute atomic E-state index is 0. The number of hydrogen-bond donors (Lipinski definition) is 2. The standard InChI is InChI=1S/C20H27N7O.HI/c1-16-6-7-17(24-15-16)25-19(28)8-10-23-20(21-2)27-13-11-26(12-14-27)18-5-3-4-9-22-18;/h3-7,9,15H,8,10-14H2,1-2H3,(H,21,23)(H,24,25,28);1H. The zero-order valence-electron chi connectivity index (χ0n) is 16.8. The first-order valence-corrected chi connectivity index (χ1v) is 9.50. The highest BCUT2D eigenvalue weighted by molar-refractivity contribution is 14.0. The van der Waals surface area contributed by atoms with E-state index in [1.165, 1.54) is 0 Å². The molecule has 1 amide bonds. The molecule has 8 nitrogen and oxygen atoms in total. The van der Waals surface area contributed by atoms with Gasteiger partial charge in [-0.3, -0.25) is 9.79 Å². The van der Waals surface area contributed by atoms with Crippen LogP contribution in [0, 0.1) is 6.92 Å². The van der Waals surface area contributed by atoms with Crippen molar-refractivity contribution in [3.63, 3.8) is 0 Å². The summed E-state index contributed by atoms with van der Waals surface area (Å²) in [4.78, 5) is 29.5. The smallest absolute Gasteiger partial charge is 0.227 e. The molecule has 29 heavy (non-hydrogen) atoms. The normalized spacial score (nSPS) is 14.2. The van der Waals surface area contributed by atoms with Gasteiger partial charge in [0, 0.05) is 58.6 Å². The van der Waals surface area contributed by atoms with Crippen LogP contribution >= 0.6 is 24.0 Å². The van der Waals surface area contributed by atoms with Crippen LogP contribution < -0.4 is 15.5 Å². The third-order valence-corrected chi connectivity index (χ3v) is 4.58. The fourth-order valence-electron chi connectivity index (χ4n) is 3.06. The Morgan fingerprint density at radius 3 is 2.55 bits per heavy atom.